The highest BCUT2D eigenvalue weighted by Gasteiger charge is 2.20. The van der Waals surface area contributed by atoms with Crippen LogP contribution < -0.4 is 16.0 Å². The quantitative estimate of drug-likeness (QED) is 0.561. The van der Waals surface area contributed by atoms with Gasteiger partial charge in [-0.3, -0.25) is 9.59 Å². The molecule has 0 aromatic rings. The third-order valence-electron chi connectivity index (χ3n) is 2.54. The Kier molecular flexibility index (Phi) is 7.76. The van der Waals surface area contributed by atoms with Crippen molar-refractivity contribution in [3.63, 3.8) is 0 Å². The topological polar surface area (TPSA) is 108 Å². The molecule has 4 N–H and O–H groups in total. The van der Waals surface area contributed by atoms with Crippen LogP contribution in [-0.4, -0.2) is 41.6 Å². The van der Waals surface area contributed by atoms with E-state index in [-0.39, 0.29) is 30.5 Å². The van der Waals surface area contributed by atoms with Crippen LogP contribution in [0.2, 0.25) is 0 Å². The van der Waals surface area contributed by atoms with Gasteiger partial charge in [0.15, 0.2) is 0 Å². The van der Waals surface area contributed by atoms with Gasteiger partial charge in [-0.1, -0.05) is 13.8 Å². The summed E-state index contributed by atoms with van der Waals surface area (Å²) in [6, 6.07) is -0.547. The Hall–Kier alpha value is -1.79. The number of aliphatic carboxylic acids is 1. The van der Waals surface area contributed by atoms with Crippen LogP contribution in [0.25, 0.3) is 0 Å². The second kappa shape index (κ2) is 8.49. The maximum absolute atomic E-state index is 11.5. The second-order valence-electron chi connectivity index (χ2n) is 6.53. The van der Waals surface area contributed by atoms with Crippen LogP contribution in [0.5, 0.6) is 0 Å². The molecule has 3 amide bonds. The molecule has 0 spiro atoms. The van der Waals surface area contributed by atoms with Crippen molar-refractivity contribution < 1.29 is 19.5 Å². The molecule has 0 aliphatic heterocycles. The van der Waals surface area contributed by atoms with Crippen LogP contribution in [0.3, 0.4) is 0 Å². The molecule has 7 heteroatoms. The van der Waals surface area contributed by atoms with Gasteiger partial charge in [-0.2, -0.15) is 0 Å². The summed E-state index contributed by atoms with van der Waals surface area (Å²) >= 11 is 0. The Morgan fingerprint density at radius 3 is 2.10 bits per heavy atom. The number of hydrogen-bond acceptors (Lipinski definition) is 3. The van der Waals surface area contributed by atoms with Crippen molar-refractivity contribution in [3.05, 3.63) is 0 Å². The summed E-state index contributed by atoms with van der Waals surface area (Å²) < 4.78 is 0. The maximum atomic E-state index is 11.5. The van der Waals surface area contributed by atoms with Crippen molar-refractivity contribution >= 4 is 17.9 Å². The minimum Gasteiger partial charge on any atom is -0.481 e. The molecule has 0 fully saturated rings. The summed E-state index contributed by atoms with van der Waals surface area (Å²) in [6.45, 7) is 9.27. The molecule has 0 aliphatic rings. The van der Waals surface area contributed by atoms with E-state index in [1.54, 1.807) is 0 Å². The zero-order chi connectivity index (χ0) is 16.6. The van der Waals surface area contributed by atoms with Gasteiger partial charge in [0, 0.05) is 12.1 Å². The first kappa shape index (κ1) is 19.2. The first-order valence-corrected chi connectivity index (χ1v) is 7.06. The number of rotatable bonds is 7. The molecule has 1 atom stereocenters. The minimum absolute atomic E-state index is 0.0419. The first-order chi connectivity index (χ1) is 9.51. The molecule has 0 aliphatic carbocycles. The standard InChI is InChI=1S/C14H27N3O4/c1-9(2)6-10(12(19)20)7-15-13(21)16-8-11(18)17-14(3,4)5/h9-10H,6-8H2,1-5H3,(H,17,18)(H,19,20)(H2,15,16,21). The van der Waals surface area contributed by atoms with Gasteiger partial charge in [-0.05, 0) is 33.1 Å². The molecule has 0 radical (unpaired) electrons. The van der Waals surface area contributed by atoms with E-state index in [2.05, 4.69) is 16.0 Å². The molecule has 0 saturated carbocycles. The van der Waals surface area contributed by atoms with Crippen LogP contribution in [-0.2, 0) is 9.59 Å². The van der Waals surface area contributed by atoms with Gasteiger partial charge in [0.2, 0.25) is 5.91 Å². The van der Waals surface area contributed by atoms with E-state index < -0.39 is 17.9 Å². The predicted molar refractivity (Wildman–Crippen MR) is 79.9 cm³/mol. The second-order valence-corrected chi connectivity index (χ2v) is 6.53. The van der Waals surface area contributed by atoms with E-state index >= 15 is 0 Å². The Labute approximate surface area is 125 Å². The molecule has 0 heterocycles. The van der Waals surface area contributed by atoms with E-state index in [4.69, 9.17) is 5.11 Å². The predicted octanol–water partition coefficient (Wildman–Crippen LogP) is 0.947. The fourth-order valence-corrected chi connectivity index (χ4v) is 1.74. The first-order valence-electron chi connectivity index (χ1n) is 7.06. The number of hydrogen-bond donors (Lipinski definition) is 4. The van der Waals surface area contributed by atoms with Crippen molar-refractivity contribution in [2.24, 2.45) is 11.8 Å². The number of carboxylic acid groups (broad SMARTS) is 1. The van der Waals surface area contributed by atoms with E-state index in [0.717, 1.165) is 0 Å². The number of amides is 3. The Morgan fingerprint density at radius 2 is 1.67 bits per heavy atom. The fraction of sp³-hybridized carbons (Fsp3) is 0.786. The highest BCUT2D eigenvalue weighted by molar-refractivity contribution is 5.84. The lowest BCUT2D eigenvalue weighted by Crippen LogP contribution is -2.48. The SMILES string of the molecule is CC(C)CC(CNC(=O)NCC(=O)NC(C)(C)C)C(=O)O. The molecule has 0 aromatic carbocycles. The molecule has 0 saturated heterocycles. The summed E-state index contributed by atoms with van der Waals surface area (Å²) in [6.07, 6.45) is 0.486. The van der Waals surface area contributed by atoms with Gasteiger partial charge < -0.3 is 21.1 Å². The Balaban J connectivity index is 4.09. The van der Waals surface area contributed by atoms with Gasteiger partial charge in [0.1, 0.15) is 0 Å². The molecule has 1 unspecified atom stereocenters. The zero-order valence-corrected chi connectivity index (χ0v) is 13.4. The molecule has 21 heavy (non-hydrogen) atoms. The van der Waals surface area contributed by atoms with Crippen molar-refractivity contribution in [1.29, 1.82) is 0 Å². The van der Waals surface area contributed by atoms with Crippen LogP contribution >= 0.6 is 0 Å². The summed E-state index contributed by atoms with van der Waals surface area (Å²) in [5.41, 5.74) is -0.360. The smallest absolute Gasteiger partial charge is 0.315 e. The van der Waals surface area contributed by atoms with Crippen LogP contribution in [0, 0.1) is 11.8 Å². The number of urea groups is 1. The van der Waals surface area contributed by atoms with E-state index in [9.17, 15) is 14.4 Å². The van der Waals surface area contributed by atoms with Gasteiger partial charge in [0.25, 0.3) is 0 Å². The van der Waals surface area contributed by atoms with E-state index in [1.807, 2.05) is 34.6 Å². The number of carboxylic acids is 1. The van der Waals surface area contributed by atoms with Crippen LogP contribution in [0.4, 0.5) is 4.79 Å². The Morgan fingerprint density at radius 1 is 1.10 bits per heavy atom. The van der Waals surface area contributed by atoms with E-state index in [1.165, 1.54) is 0 Å². The summed E-state index contributed by atoms with van der Waals surface area (Å²) in [5, 5.41) is 16.6. The lowest BCUT2D eigenvalue weighted by molar-refractivity contribution is -0.142. The number of carbonyl (C=O) groups excluding carboxylic acids is 2. The molecule has 122 valence electrons. The van der Waals surface area contributed by atoms with Crippen molar-refractivity contribution in [2.45, 2.75) is 46.6 Å². The average molecular weight is 301 g/mol. The highest BCUT2D eigenvalue weighted by Crippen LogP contribution is 2.10. The number of nitrogens with one attached hydrogen (secondary N) is 3. The molecule has 0 aromatic heterocycles. The third-order valence-corrected chi connectivity index (χ3v) is 2.54. The van der Waals surface area contributed by atoms with Crippen molar-refractivity contribution in [2.75, 3.05) is 13.1 Å². The average Bonchev–Trinajstić information content (AvgIpc) is 2.28. The zero-order valence-electron chi connectivity index (χ0n) is 13.4. The van der Waals surface area contributed by atoms with Gasteiger partial charge in [-0.15, -0.1) is 0 Å². The van der Waals surface area contributed by atoms with Gasteiger partial charge >= 0.3 is 12.0 Å². The minimum atomic E-state index is -0.936. The van der Waals surface area contributed by atoms with Crippen molar-refractivity contribution in [1.82, 2.24) is 16.0 Å². The van der Waals surface area contributed by atoms with Gasteiger partial charge in [0.05, 0.1) is 12.5 Å². The molecular formula is C14H27N3O4. The Bertz CT molecular complexity index is 375. The van der Waals surface area contributed by atoms with Crippen molar-refractivity contribution in [3.8, 4) is 0 Å². The lowest BCUT2D eigenvalue weighted by atomic mass is 9.97. The fourth-order valence-electron chi connectivity index (χ4n) is 1.74. The summed E-state index contributed by atoms with van der Waals surface area (Å²) in [4.78, 5) is 34.1. The molecule has 0 bridgehead atoms. The molecule has 7 nitrogen and oxygen atoms in total. The summed E-state index contributed by atoms with van der Waals surface area (Å²) in [7, 11) is 0. The maximum Gasteiger partial charge on any atom is 0.315 e. The highest BCUT2D eigenvalue weighted by atomic mass is 16.4. The third kappa shape index (κ3) is 10.6. The number of carbonyl (C=O) groups is 3. The summed E-state index contributed by atoms with van der Waals surface area (Å²) in [5.74, 6) is -1.63. The van der Waals surface area contributed by atoms with Crippen LogP contribution in [0.15, 0.2) is 0 Å². The lowest BCUT2D eigenvalue weighted by Gasteiger charge is -2.20. The normalized spacial score (nSPS) is 12.7. The monoisotopic (exact) mass is 301 g/mol. The molecule has 0 rings (SSSR count). The van der Waals surface area contributed by atoms with Gasteiger partial charge in [-0.25, -0.2) is 4.79 Å². The van der Waals surface area contributed by atoms with Crippen LogP contribution in [0.1, 0.15) is 41.0 Å². The molecular weight excluding hydrogens is 274 g/mol. The van der Waals surface area contributed by atoms with E-state index in [0.29, 0.717) is 6.42 Å². The largest absolute Gasteiger partial charge is 0.481 e.